The third kappa shape index (κ3) is 6.76. The standard InChI is InChI=1S/C22H21Cl3F3NO4/c1-20(2,12-4-6-14(7-5-12)29-19(31)18(30)22(26,27)28)13-8-15(24)17(16(25)9-13)33-11-21(3,32)10-23/h4-9,32H,10-11H2,1-3H3,(H,29,31). The molecule has 11 heteroatoms. The molecule has 0 aromatic heterocycles. The average Bonchev–Trinajstić information content (AvgIpc) is 2.72. The summed E-state index contributed by atoms with van der Waals surface area (Å²) < 4.78 is 42.7. The van der Waals surface area contributed by atoms with Crippen LogP contribution in [-0.2, 0) is 15.0 Å². The molecule has 2 aromatic carbocycles. The maximum atomic E-state index is 12.4. The number of hydrogen-bond donors (Lipinski definition) is 2. The van der Waals surface area contributed by atoms with Crippen molar-refractivity contribution in [1.29, 1.82) is 0 Å². The first-order valence-corrected chi connectivity index (χ1v) is 10.8. The summed E-state index contributed by atoms with van der Waals surface area (Å²) in [4.78, 5) is 22.5. The van der Waals surface area contributed by atoms with Gasteiger partial charge in [-0.1, -0.05) is 49.2 Å². The fourth-order valence-electron chi connectivity index (χ4n) is 2.78. The van der Waals surface area contributed by atoms with Crippen LogP contribution in [0.3, 0.4) is 0 Å². The van der Waals surface area contributed by atoms with Crippen LogP contribution in [0.1, 0.15) is 31.9 Å². The number of carbonyl (C=O) groups is 2. The molecule has 0 saturated heterocycles. The zero-order valence-electron chi connectivity index (χ0n) is 17.8. The number of hydrogen-bond acceptors (Lipinski definition) is 4. The Bertz CT molecular complexity index is 1020. The minimum absolute atomic E-state index is 0.0308. The van der Waals surface area contributed by atoms with Crippen LogP contribution in [0.2, 0.25) is 10.0 Å². The van der Waals surface area contributed by atoms with E-state index in [9.17, 15) is 27.9 Å². The molecule has 33 heavy (non-hydrogen) atoms. The van der Waals surface area contributed by atoms with Gasteiger partial charge in [0.05, 0.1) is 15.9 Å². The molecule has 0 saturated carbocycles. The Kier molecular flexibility index (Phi) is 8.33. The molecule has 0 fully saturated rings. The zero-order valence-corrected chi connectivity index (χ0v) is 20.1. The van der Waals surface area contributed by atoms with E-state index in [4.69, 9.17) is 39.5 Å². The fourth-order valence-corrected chi connectivity index (χ4v) is 3.45. The van der Waals surface area contributed by atoms with Crippen LogP contribution in [0, 0.1) is 0 Å². The minimum Gasteiger partial charge on any atom is -0.487 e. The Morgan fingerprint density at radius 1 is 1.00 bits per heavy atom. The van der Waals surface area contributed by atoms with Crippen LogP contribution in [0.4, 0.5) is 18.9 Å². The molecule has 2 N–H and O–H groups in total. The number of ketones is 1. The number of carbonyl (C=O) groups excluding carboxylic acids is 2. The number of halogens is 6. The number of anilines is 1. The maximum Gasteiger partial charge on any atom is 0.460 e. The predicted octanol–water partition coefficient (Wildman–Crippen LogP) is 5.76. The van der Waals surface area contributed by atoms with E-state index in [0.29, 0.717) is 5.56 Å². The normalized spacial score (nSPS) is 13.9. The van der Waals surface area contributed by atoms with Gasteiger partial charge in [-0.25, -0.2) is 0 Å². The molecule has 1 atom stereocenters. The van der Waals surface area contributed by atoms with Gasteiger partial charge in [0.2, 0.25) is 0 Å². The van der Waals surface area contributed by atoms with Gasteiger partial charge in [0.25, 0.3) is 0 Å². The Morgan fingerprint density at radius 3 is 1.97 bits per heavy atom. The summed E-state index contributed by atoms with van der Waals surface area (Å²) in [6.07, 6.45) is -5.25. The second-order valence-electron chi connectivity index (χ2n) is 8.17. The van der Waals surface area contributed by atoms with Crippen molar-refractivity contribution in [3.63, 3.8) is 0 Å². The monoisotopic (exact) mass is 525 g/mol. The molecule has 0 radical (unpaired) electrons. The lowest BCUT2D eigenvalue weighted by Gasteiger charge is -2.28. The van der Waals surface area contributed by atoms with E-state index < -0.39 is 28.9 Å². The van der Waals surface area contributed by atoms with Gasteiger partial charge >= 0.3 is 17.9 Å². The Labute approximate surface area is 203 Å². The summed E-state index contributed by atoms with van der Waals surface area (Å²) in [5.41, 5.74) is -0.457. The van der Waals surface area contributed by atoms with Crippen LogP contribution in [0.15, 0.2) is 36.4 Å². The lowest BCUT2D eigenvalue weighted by molar-refractivity contribution is -0.173. The molecule has 0 aliphatic rings. The maximum absolute atomic E-state index is 12.4. The van der Waals surface area contributed by atoms with E-state index in [1.807, 2.05) is 19.2 Å². The number of alkyl halides is 4. The van der Waals surface area contributed by atoms with Gasteiger partial charge in [0.1, 0.15) is 12.2 Å². The Hall–Kier alpha value is -2.00. The molecular formula is C22H21Cl3F3NO4. The van der Waals surface area contributed by atoms with E-state index in [0.717, 1.165) is 5.56 Å². The third-order valence-electron chi connectivity index (χ3n) is 4.86. The largest absolute Gasteiger partial charge is 0.487 e. The first-order valence-electron chi connectivity index (χ1n) is 9.52. The molecule has 0 bridgehead atoms. The summed E-state index contributed by atoms with van der Waals surface area (Å²) in [6, 6.07) is 9.25. The molecular weight excluding hydrogens is 506 g/mol. The molecule has 0 spiro atoms. The molecule has 0 heterocycles. The van der Waals surface area contributed by atoms with Crippen molar-refractivity contribution in [2.24, 2.45) is 0 Å². The first-order chi connectivity index (χ1) is 15.1. The van der Waals surface area contributed by atoms with Gasteiger partial charge in [-0.2, -0.15) is 13.2 Å². The van der Waals surface area contributed by atoms with Crippen molar-refractivity contribution in [2.75, 3.05) is 17.8 Å². The second-order valence-corrected chi connectivity index (χ2v) is 9.25. The minimum atomic E-state index is -5.25. The number of benzene rings is 2. The highest BCUT2D eigenvalue weighted by atomic mass is 35.5. The van der Waals surface area contributed by atoms with Gasteiger partial charge in [-0.3, -0.25) is 9.59 Å². The summed E-state index contributed by atoms with van der Waals surface area (Å²) in [5, 5.41) is 12.4. The molecule has 0 aliphatic heterocycles. The highest BCUT2D eigenvalue weighted by Crippen LogP contribution is 2.41. The zero-order chi connectivity index (χ0) is 25.2. The smallest absolute Gasteiger partial charge is 0.460 e. The second kappa shape index (κ2) is 10.1. The number of nitrogens with one attached hydrogen (secondary N) is 1. The van der Waals surface area contributed by atoms with E-state index in [1.54, 1.807) is 24.3 Å². The van der Waals surface area contributed by atoms with E-state index in [2.05, 4.69) is 0 Å². The van der Waals surface area contributed by atoms with Crippen LogP contribution in [-0.4, -0.2) is 41.1 Å². The van der Waals surface area contributed by atoms with E-state index in [-0.39, 0.29) is 34.0 Å². The summed E-state index contributed by atoms with van der Waals surface area (Å²) >= 11 is 18.4. The number of rotatable bonds is 8. The summed E-state index contributed by atoms with van der Waals surface area (Å²) in [7, 11) is 0. The first kappa shape index (κ1) is 27.2. The van der Waals surface area contributed by atoms with Crippen molar-refractivity contribution < 1.29 is 32.6 Å². The van der Waals surface area contributed by atoms with Crippen molar-refractivity contribution in [2.45, 2.75) is 38.0 Å². The summed E-state index contributed by atoms with van der Waals surface area (Å²) in [6.45, 7) is 5.12. The number of ether oxygens (including phenoxy) is 1. The Balaban J connectivity index is 2.24. The molecule has 2 rings (SSSR count). The Morgan fingerprint density at radius 2 is 1.52 bits per heavy atom. The molecule has 180 valence electrons. The quantitative estimate of drug-likeness (QED) is 0.339. The third-order valence-corrected chi connectivity index (χ3v) is 6.00. The lowest BCUT2D eigenvalue weighted by atomic mass is 9.78. The SMILES string of the molecule is CC(O)(CCl)COc1c(Cl)cc(C(C)(C)c2ccc(NC(=O)C(=O)C(F)(F)F)cc2)cc1Cl. The lowest BCUT2D eigenvalue weighted by Crippen LogP contribution is -2.35. The van der Waals surface area contributed by atoms with E-state index in [1.165, 1.54) is 19.1 Å². The number of aliphatic hydroxyl groups is 1. The topological polar surface area (TPSA) is 75.6 Å². The van der Waals surface area contributed by atoms with Crippen molar-refractivity contribution >= 4 is 52.2 Å². The van der Waals surface area contributed by atoms with Crippen LogP contribution >= 0.6 is 34.8 Å². The molecule has 2 aromatic rings. The van der Waals surface area contributed by atoms with Gasteiger partial charge in [-0.15, -0.1) is 11.6 Å². The van der Waals surface area contributed by atoms with Gasteiger partial charge in [0.15, 0.2) is 5.75 Å². The van der Waals surface area contributed by atoms with E-state index >= 15 is 0 Å². The highest BCUT2D eigenvalue weighted by molar-refractivity contribution is 6.42. The molecule has 1 unspecified atom stereocenters. The fraction of sp³-hybridized carbons (Fsp3) is 0.364. The van der Waals surface area contributed by atoms with Crippen LogP contribution in [0.5, 0.6) is 5.75 Å². The molecule has 1 amide bonds. The van der Waals surface area contributed by atoms with Crippen molar-refractivity contribution in [3.05, 3.63) is 57.6 Å². The van der Waals surface area contributed by atoms with Crippen molar-refractivity contribution in [3.8, 4) is 5.75 Å². The highest BCUT2D eigenvalue weighted by Gasteiger charge is 2.43. The predicted molar refractivity (Wildman–Crippen MR) is 122 cm³/mol. The molecule has 0 aliphatic carbocycles. The van der Waals surface area contributed by atoms with Gasteiger partial charge < -0.3 is 15.2 Å². The number of Topliss-reactive ketones (excluding diaryl/α,β-unsaturated/α-hetero) is 1. The van der Waals surface area contributed by atoms with Gasteiger partial charge in [-0.05, 0) is 42.3 Å². The van der Waals surface area contributed by atoms with Crippen LogP contribution in [0.25, 0.3) is 0 Å². The van der Waals surface area contributed by atoms with Gasteiger partial charge in [0, 0.05) is 11.1 Å². The van der Waals surface area contributed by atoms with Crippen molar-refractivity contribution in [1.82, 2.24) is 0 Å². The average molecular weight is 527 g/mol. The number of amides is 1. The summed E-state index contributed by atoms with van der Waals surface area (Å²) in [5.74, 6) is -4.10. The molecule has 5 nitrogen and oxygen atoms in total. The van der Waals surface area contributed by atoms with Crippen LogP contribution < -0.4 is 10.1 Å².